The lowest BCUT2D eigenvalue weighted by Gasteiger charge is -2.23. The second-order valence-corrected chi connectivity index (χ2v) is 7.97. The van der Waals surface area contributed by atoms with Gasteiger partial charge in [-0.2, -0.15) is 0 Å². The monoisotopic (exact) mass is 422 g/mol. The molecule has 0 aliphatic carbocycles. The molecule has 1 aliphatic rings. The molecule has 0 bridgehead atoms. The van der Waals surface area contributed by atoms with Crippen LogP contribution in [0.15, 0.2) is 54.6 Å². The first-order valence-electron chi connectivity index (χ1n) is 10.9. The number of benzene rings is 2. The van der Waals surface area contributed by atoms with Gasteiger partial charge in [0.25, 0.3) is 5.91 Å². The summed E-state index contributed by atoms with van der Waals surface area (Å²) in [5.74, 6) is -1.18. The lowest BCUT2D eigenvalue weighted by Crippen LogP contribution is -2.32. The Bertz CT molecular complexity index is 913. The van der Waals surface area contributed by atoms with E-state index >= 15 is 0 Å². The molecule has 1 saturated heterocycles. The van der Waals surface area contributed by atoms with Gasteiger partial charge in [-0.15, -0.1) is 0 Å². The van der Waals surface area contributed by atoms with Crippen LogP contribution in [0.25, 0.3) is 0 Å². The van der Waals surface area contributed by atoms with Crippen LogP contribution in [0.1, 0.15) is 43.7 Å². The number of hydrogen-bond donors (Lipinski definition) is 1. The predicted molar refractivity (Wildman–Crippen MR) is 120 cm³/mol. The number of anilines is 1. The minimum atomic E-state index is -0.561. The fourth-order valence-corrected chi connectivity index (χ4v) is 3.76. The molecule has 0 spiro atoms. The van der Waals surface area contributed by atoms with Crippen LogP contribution < -0.4 is 10.2 Å². The summed E-state index contributed by atoms with van der Waals surface area (Å²) in [4.78, 5) is 38.7. The Morgan fingerprint density at radius 3 is 2.58 bits per heavy atom. The van der Waals surface area contributed by atoms with Gasteiger partial charge in [-0.3, -0.25) is 14.4 Å². The maximum Gasteiger partial charge on any atom is 0.311 e. The molecule has 164 valence electrons. The molecule has 6 nitrogen and oxygen atoms in total. The van der Waals surface area contributed by atoms with E-state index in [1.165, 1.54) is 0 Å². The molecular weight excluding hydrogens is 392 g/mol. The molecule has 2 aromatic rings. The quantitative estimate of drug-likeness (QED) is 0.628. The van der Waals surface area contributed by atoms with Gasteiger partial charge < -0.3 is 15.0 Å². The van der Waals surface area contributed by atoms with Gasteiger partial charge in [0.1, 0.15) is 0 Å². The van der Waals surface area contributed by atoms with E-state index in [2.05, 4.69) is 19.2 Å². The minimum absolute atomic E-state index is 0.0926. The largest absolute Gasteiger partial charge is 0.455 e. The molecule has 2 amide bonds. The van der Waals surface area contributed by atoms with Gasteiger partial charge >= 0.3 is 5.97 Å². The van der Waals surface area contributed by atoms with E-state index in [4.69, 9.17) is 4.74 Å². The Labute approximate surface area is 183 Å². The summed E-state index contributed by atoms with van der Waals surface area (Å²) in [5.41, 5.74) is 3.09. The molecule has 0 radical (unpaired) electrons. The molecule has 1 heterocycles. The van der Waals surface area contributed by atoms with Crippen LogP contribution in [0.2, 0.25) is 0 Å². The number of carbonyl (C=O) groups is 3. The zero-order chi connectivity index (χ0) is 22.2. The highest BCUT2D eigenvalue weighted by Gasteiger charge is 2.37. The van der Waals surface area contributed by atoms with E-state index in [0.717, 1.165) is 23.2 Å². The number of nitrogens with zero attached hydrogens (tertiary/aromatic N) is 1. The smallest absolute Gasteiger partial charge is 0.311 e. The third-order valence-corrected chi connectivity index (χ3v) is 5.75. The van der Waals surface area contributed by atoms with Gasteiger partial charge in [0, 0.05) is 25.2 Å². The van der Waals surface area contributed by atoms with Crippen LogP contribution in [0, 0.1) is 5.92 Å². The first kappa shape index (κ1) is 22.5. The van der Waals surface area contributed by atoms with Crippen molar-refractivity contribution < 1.29 is 19.1 Å². The highest BCUT2D eigenvalue weighted by atomic mass is 16.5. The molecule has 1 N–H and O–H groups in total. The molecule has 1 aliphatic heterocycles. The second-order valence-electron chi connectivity index (χ2n) is 7.97. The van der Waals surface area contributed by atoms with Crippen LogP contribution >= 0.6 is 0 Å². The maximum atomic E-state index is 12.6. The first-order valence-corrected chi connectivity index (χ1v) is 10.9. The average Bonchev–Trinajstić information content (AvgIpc) is 3.19. The van der Waals surface area contributed by atoms with Crippen LogP contribution in [0.3, 0.4) is 0 Å². The van der Waals surface area contributed by atoms with Gasteiger partial charge in [-0.1, -0.05) is 62.4 Å². The molecule has 3 rings (SSSR count). The molecule has 0 unspecified atom stereocenters. The molecule has 2 atom stereocenters. The Morgan fingerprint density at radius 2 is 1.84 bits per heavy atom. The fraction of sp³-hybridized carbons (Fsp3) is 0.400. The average molecular weight is 423 g/mol. The Hall–Kier alpha value is -3.15. The summed E-state index contributed by atoms with van der Waals surface area (Å²) >= 11 is 0. The lowest BCUT2D eigenvalue weighted by molar-refractivity contribution is -0.152. The summed E-state index contributed by atoms with van der Waals surface area (Å²) in [6, 6.07) is 17.7. The normalized spacial score (nSPS) is 16.8. The summed E-state index contributed by atoms with van der Waals surface area (Å²) in [7, 11) is 0. The molecule has 31 heavy (non-hydrogen) atoms. The van der Waals surface area contributed by atoms with Crippen molar-refractivity contribution in [2.24, 2.45) is 5.92 Å². The second kappa shape index (κ2) is 10.8. The van der Waals surface area contributed by atoms with Crippen molar-refractivity contribution in [3.05, 3.63) is 65.7 Å². The number of carbonyl (C=O) groups excluding carboxylic acids is 3. The third kappa shape index (κ3) is 5.94. The fourth-order valence-electron chi connectivity index (χ4n) is 3.76. The van der Waals surface area contributed by atoms with E-state index in [9.17, 15) is 14.4 Å². The summed E-state index contributed by atoms with van der Waals surface area (Å²) < 4.78 is 5.19. The van der Waals surface area contributed by atoms with E-state index in [0.29, 0.717) is 18.9 Å². The number of para-hydroxylation sites is 1. The van der Waals surface area contributed by atoms with E-state index < -0.39 is 11.9 Å². The molecule has 2 aromatic carbocycles. The van der Waals surface area contributed by atoms with Crippen LogP contribution in [0.5, 0.6) is 0 Å². The van der Waals surface area contributed by atoms with Crippen molar-refractivity contribution >= 4 is 23.5 Å². The van der Waals surface area contributed by atoms with E-state index in [1.807, 2.05) is 54.6 Å². The van der Waals surface area contributed by atoms with Gasteiger partial charge in [-0.05, 0) is 36.0 Å². The molecule has 1 fully saturated rings. The number of hydrogen-bond acceptors (Lipinski definition) is 4. The Morgan fingerprint density at radius 1 is 1.13 bits per heavy atom. The summed E-state index contributed by atoms with van der Waals surface area (Å²) in [5, 5.41) is 2.75. The Kier molecular flexibility index (Phi) is 7.82. The molecule has 6 heteroatoms. The van der Waals surface area contributed by atoms with Gasteiger partial charge in [0.2, 0.25) is 5.91 Å². The lowest BCUT2D eigenvalue weighted by atomic mass is 9.96. The van der Waals surface area contributed by atoms with Crippen molar-refractivity contribution in [3.63, 3.8) is 0 Å². The van der Waals surface area contributed by atoms with Crippen molar-refractivity contribution in [2.45, 2.75) is 39.0 Å². The van der Waals surface area contributed by atoms with Crippen molar-refractivity contribution in [2.75, 3.05) is 24.6 Å². The van der Waals surface area contributed by atoms with Crippen LogP contribution in [-0.2, 0) is 25.5 Å². The topological polar surface area (TPSA) is 75.7 Å². The number of rotatable bonds is 9. The van der Waals surface area contributed by atoms with Crippen molar-refractivity contribution in [1.29, 1.82) is 0 Å². The van der Waals surface area contributed by atoms with Gasteiger partial charge in [0.05, 0.1) is 5.92 Å². The van der Waals surface area contributed by atoms with Crippen molar-refractivity contribution in [3.8, 4) is 0 Å². The molecule has 0 aromatic heterocycles. The number of ether oxygens (including phenoxy) is 1. The number of amides is 2. The van der Waals surface area contributed by atoms with E-state index in [1.54, 1.807) is 4.90 Å². The predicted octanol–water partition coefficient (Wildman–Crippen LogP) is 3.46. The SMILES string of the molecule is CC[C@@H](C)c1ccccc1N1C[C@@H](C(=O)OCC(=O)NCCc2ccccc2)CC1=O. The standard InChI is InChI=1S/C25H30N2O4/c1-3-18(2)21-11-7-8-12-22(21)27-16-20(15-24(27)29)25(30)31-17-23(28)26-14-13-19-9-5-4-6-10-19/h4-12,18,20H,3,13-17H2,1-2H3,(H,26,28)/t18-,20+/m1/s1. The Balaban J connectivity index is 1.49. The highest BCUT2D eigenvalue weighted by Crippen LogP contribution is 2.33. The zero-order valence-electron chi connectivity index (χ0n) is 18.2. The molecular formula is C25H30N2O4. The first-order chi connectivity index (χ1) is 15.0. The summed E-state index contributed by atoms with van der Waals surface area (Å²) in [6.07, 6.45) is 1.77. The van der Waals surface area contributed by atoms with Crippen LogP contribution in [0.4, 0.5) is 5.69 Å². The number of esters is 1. The van der Waals surface area contributed by atoms with Gasteiger partial charge in [0.15, 0.2) is 6.61 Å². The van der Waals surface area contributed by atoms with Crippen molar-refractivity contribution in [1.82, 2.24) is 5.32 Å². The molecule has 0 saturated carbocycles. The third-order valence-electron chi connectivity index (χ3n) is 5.75. The number of nitrogens with one attached hydrogen (secondary N) is 1. The van der Waals surface area contributed by atoms with Crippen LogP contribution in [-0.4, -0.2) is 37.5 Å². The van der Waals surface area contributed by atoms with Gasteiger partial charge in [-0.25, -0.2) is 0 Å². The minimum Gasteiger partial charge on any atom is -0.455 e. The zero-order valence-corrected chi connectivity index (χ0v) is 18.2. The highest BCUT2D eigenvalue weighted by molar-refractivity contribution is 6.00. The van der Waals surface area contributed by atoms with E-state index in [-0.39, 0.29) is 31.4 Å². The maximum absolute atomic E-state index is 12.6. The summed E-state index contributed by atoms with van der Waals surface area (Å²) in [6.45, 7) is 4.66.